The minimum Gasteiger partial charge on any atom is -0.341 e. The Morgan fingerprint density at radius 2 is 1.83 bits per heavy atom. The lowest BCUT2D eigenvalue weighted by atomic mass is 9.83. The highest BCUT2D eigenvalue weighted by Crippen LogP contribution is 2.70. The second-order valence-electron chi connectivity index (χ2n) is 10.6. The zero-order chi connectivity index (χ0) is 23.7. The molecule has 7 rings (SSSR count). The average Bonchev–Trinajstić information content (AvgIpc) is 3.10. The molecule has 0 N–H and O–H groups in total. The van der Waals surface area contributed by atoms with Crippen molar-refractivity contribution in [3.05, 3.63) is 95.4 Å². The highest BCUT2D eigenvalue weighted by atomic mass is 19.1. The van der Waals surface area contributed by atoms with E-state index >= 15 is 0 Å². The van der Waals surface area contributed by atoms with Crippen LogP contribution in [0.3, 0.4) is 0 Å². The minimum absolute atomic E-state index is 0.0446. The van der Waals surface area contributed by atoms with Crippen molar-refractivity contribution in [2.75, 3.05) is 13.1 Å². The first kappa shape index (κ1) is 20.9. The molecule has 5 heteroatoms. The molecule has 1 aromatic heterocycles. The lowest BCUT2D eigenvalue weighted by Gasteiger charge is -2.32. The molecular formula is C30H28FN3O. The van der Waals surface area contributed by atoms with Gasteiger partial charge in [-0.2, -0.15) is 5.10 Å². The lowest BCUT2D eigenvalue weighted by Crippen LogP contribution is -2.40. The van der Waals surface area contributed by atoms with Gasteiger partial charge in [-0.1, -0.05) is 36.8 Å². The fourth-order valence-electron chi connectivity index (χ4n) is 6.81. The third-order valence-electron chi connectivity index (χ3n) is 8.79. The minimum atomic E-state index is -0.253. The molecule has 0 spiro atoms. The Kier molecular flexibility index (Phi) is 4.48. The molecule has 4 aromatic rings. The van der Waals surface area contributed by atoms with E-state index < -0.39 is 0 Å². The van der Waals surface area contributed by atoms with E-state index in [4.69, 9.17) is 0 Å². The summed E-state index contributed by atoms with van der Waals surface area (Å²) in [5.74, 6) is 1.21. The summed E-state index contributed by atoms with van der Waals surface area (Å²) < 4.78 is 15.3. The predicted molar refractivity (Wildman–Crippen MR) is 134 cm³/mol. The van der Waals surface area contributed by atoms with Crippen molar-refractivity contribution >= 4 is 16.8 Å². The first-order valence-corrected chi connectivity index (χ1v) is 12.6. The molecule has 4 nitrogen and oxygen atoms in total. The standard InChI is InChI=1S/C30H28FN3O/c1-19-14-27-22(16-32-34(27)24-12-10-23(31)11-13-24)15-25(19)30-18-33(29(35)21-8-5-9-21)17-26(30)28(30)20-6-3-2-4-7-20/h2-4,6-7,10-16,21,26,28H,5,8-9,17-18H2,1H3/t26-,28-,30+/m1/s1. The van der Waals surface area contributed by atoms with Crippen LogP contribution < -0.4 is 0 Å². The topological polar surface area (TPSA) is 38.1 Å². The largest absolute Gasteiger partial charge is 0.341 e. The number of carbonyl (C=O) groups is 1. The van der Waals surface area contributed by atoms with Crippen LogP contribution in [0.1, 0.15) is 41.9 Å². The van der Waals surface area contributed by atoms with Gasteiger partial charge in [0.05, 0.1) is 17.4 Å². The van der Waals surface area contributed by atoms with Crippen molar-refractivity contribution in [3.8, 4) is 5.69 Å². The second kappa shape index (κ2) is 7.51. The Morgan fingerprint density at radius 1 is 1.06 bits per heavy atom. The van der Waals surface area contributed by atoms with E-state index in [0.29, 0.717) is 17.7 Å². The van der Waals surface area contributed by atoms with E-state index in [1.807, 2.05) is 10.9 Å². The van der Waals surface area contributed by atoms with E-state index in [0.717, 1.165) is 42.5 Å². The number of halogens is 1. The zero-order valence-corrected chi connectivity index (χ0v) is 19.8. The number of aromatic nitrogens is 2. The molecule has 0 radical (unpaired) electrons. The van der Waals surface area contributed by atoms with Crippen molar-refractivity contribution in [1.29, 1.82) is 0 Å². The maximum atomic E-state index is 13.5. The van der Waals surface area contributed by atoms with Crippen LogP contribution in [0.2, 0.25) is 0 Å². The van der Waals surface area contributed by atoms with E-state index in [1.165, 1.54) is 35.2 Å². The normalized spacial score (nSPS) is 25.5. The number of fused-ring (bicyclic) bond motifs is 2. The van der Waals surface area contributed by atoms with Crippen molar-refractivity contribution in [1.82, 2.24) is 14.7 Å². The van der Waals surface area contributed by atoms with Crippen LogP contribution in [-0.2, 0) is 10.2 Å². The molecule has 2 heterocycles. The molecule has 2 saturated carbocycles. The number of likely N-dealkylation sites (tertiary alicyclic amines) is 1. The molecular weight excluding hydrogens is 437 g/mol. The maximum absolute atomic E-state index is 13.5. The monoisotopic (exact) mass is 465 g/mol. The van der Waals surface area contributed by atoms with Crippen LogP contribution >= 0.6 is 0 Å². The number of aryl methyl sites for hydroxylation is 1. The Hall–Kier alpha value is -3.47. The summed E-state index contributed by atoms with van der Waals surface area (Å²) in [6.07, 6.45) is 5.17. The van der Waals surface area contributed by atoms with Crippen LogP contribution in [0.15, 0.2) is 72.9 Å². The van der Waals surface area contributed by atoms with Gasteiger partial charge >= 0.3 is 0 Å². The average molecular weight is 466 g/mol. The number of amides is 1. The SMILES string of the molecule is Cc1cc2c(cnn2-c2ccc(F)cc2)cc1[C@@]12CN(C(=O)C3CCC3)C[C@@H]1[C@H]2c1ccccc1. The summed E-state index contributed by atoms with van der Waals surface area (Å²) in [4.78, 5) is 15.3. The number of hydrogen-bond acceptors (Lipinski definition) is 2. The van der Waals surface area contributed by atoms with Gasteiger partial charge in [-0.15, -0.1) is 0 Å². The lowest BCUT2D eigenvalue weighted by molar-refractivity contribution is -0.137. The molecule has 0 unspecified atom stereocenters. The molecule has 1 amide bonds. The summed E-state index contributed by atoms with van der Waals surface area (Å²) in [6, 6.07) is 21.8. The summed E-state index contributed by atoms with van der Waals surface area (Å²) in [5, 5.41) is 5.71. The quantitative estimate of drug-likeness (QED) is 0.384. The number of carbonyl (C=O) groups excluding carboxylic acids is 1. The van der Waals surface area contributed by atoms with Crippen molar-refractivity contribution in [3.63, 3.8) is 0 Å². The fraction of sp³-hybridized carbons (Fsp3) is 0.333. The van der Waals surface area contributed by atoms with Crippen molar-refractivity contribution in [2.45, 2.75) is 37.5 Å². The van der Waals surface area contributed by atoms with E-state index in [9.17, 15) is 9.18 Å². The number of benzene rings is 3. The van der Waals surface area contributed by atoms with Gasteiger partial charge < -0.3 is 4.90 Å². The molecule has 3 aromatic carbocycles. The van der Waals surface area contributed by atoms with Gasteiger partial charge in [-0.25, -0.2) is 9.07 Å². The van der Waals surface area contributed by atoms with Crippen LogP contribution in [0.5, 0.6) is 0 Å². The highest BCUT2D eigenvalue weighted by Gasteiger charge is 2.71. The van der Waals surface area contributed by atoms with Crippen LogP contribution in [0.4, 0.5) is 4.39 Å². The first-order valence-electron chi connectivity index (χ1n) is 12.6. The second-order valence-corrected chi connectivity index (χ2v) is 10.6. The van der Waals surface area contributed by atoms with Crippen LogP contribution in [-0.4, -0.2) is 33.7 Å². The molecule has 3 fully saturated rings. The zero-order valence-electron chi connectivity index (χ0n) is 19.8. The Balaban J connectivity index is 1.31. The number of hydrogen-bond donors (Lipinski definition) is 0. The maximum Gasteiger partial charge on any atom is 0.225 e. The molecule has 3 atom stereocenters. The van der Waals surface area contributed by atoms with E-state index in [2.05, 4.69) is 59.4 Å². The van der Waals surface area contributed by atoms with E-state index in [1.54, 1.807) is 12.1 Å². The van der Waals surface area contributed by atoms with Gasteiger partial charge in [-0.3, -0.25) is 4.79 Å². The Labute approximate surface area is 204 Å². The fourth-order valence-corrected chi connectivity index (χ4v) is 6.81. The summed E-state index contributed by atoms with van der Waals surface area (Å²) in [7, 11) is 0. The Morgan fingerprint density at radius 3 is 2.54 bits per heavy atom. The third-order valence-corrected chi connectivity index (χ3v) is 8.79. The van der Waals surface area contributed by atoms with Gasteiger partial charge in [0, 0.05) is 35.7 Å². The van der Waals surface area contributed by atoms with E-state index in [-0.39, 0.29) is 17.2 Å². The molecule has 35 heavy (non-hydrogen) atoms. The van der Waals surface area contributed by atoms with Crippen LogP contribution in [0.25, 0.3) is 16.6 Å². The Bertz CT molecular complexity index is 1440. The molecule has 176 valence electrons. The summed E-state index contributed by atoms with van der Waals surface area (Å²) >= 11 is 0. The number of rotatable bonds is 4. The molecule has 3 aliphatic rings. The summed E-state index contributed by atoms with van der Waals surface area (Å²) in [5.41, 5.74) is 5.75. The molecule has 2 aliphatic carbocycles. The number of nitrogens with zero attached hydrogens (tertiary/aromatic N) is 3. The molecule has 1 saturated heterocycles. The van der Waals surface area contributed by atoms with Crippen molar-refractivity contribution < 1.29 is 9.18 Å². The van der Waals surface area contributed by atoms with Crippen LogP contribution in [0, 0.1) is 24.6 Å². The third kappa shape index (κ3) is 3.03. The van der Waals surface area contributed by atoms with Crippen molar-refractivity contribution in [2.24, 2.45) is 11.8 Å². The van der Waals surface area contributed by atoms with Gasteiger partial charge in [-0.05, 0) is 78.8 Å². The molecule has 0 bridgehead atoms. The summed E-state index contributed by atoms with van der Waals surface area (Å²) in [6.45, 7) is 3.82. The number of piperidine rings is 1. The smallest absolute Gasteiger partial charge is 0.225 e. The van der Waals surface area contributed by atoms with Gasteiger partial charge in [0.15, 0.2) is 0 Å². The van der Waals surface area contributed by atoms with Gasteiger partial charge in [0.1, 0.15) is 5.82 Å². The highest BCUT2D eigenvalue weighted by molar-refractivity contribution is 5.84. The predicted octanol–water partition coefficient (Wildman–Crippen LogP) is 5.77. The molecule has 1 aliphatic heterocycles. The van der Waals surface area contributed by atoms with Gasteiger partial charge in [0.2, 0.25) is 5.91 Å². The van der Waals surface area contributed by atoms with Gasteiger partial charge in [0.25, 0.3) is 0 Å². The first-order chi connectivity index (χ1) is 17.1.